The summed E-state index contributed by atoms with van der Waals surface area (Å²) in [6.45, 7) is 10.1. The average Bonchev–Trinajstić information content (AvgIpc) is 2.47. The van der Waals surface area contributed by atoms with Gasteiger partial charge in [-0.15, -0.1) is 11.3 Å². The summed E-state index contributed by atoms with van der Waals surface area (Å²) < 4.78 is 0. The molecule has 0 amide bonds. The Kier molecular flexibility index (Phi) is 3.68. The zero-order chi connectivity index (χ0) is 11.6. The van der Waals surface area contributed by atoms with Gasteiger partial charge >= 0.3 is 0 Å². The minimum Gasteiger partial charge on any atom is -0.303 e. The third kappa shape index (κ3) is 3.76. The summed E-state index contributed by atoms with van der Waals surface area (Å²) in [5, 5.41) is 5.29. The van der Waals surface area contributed by atoms with E-state index in [0.717, 1.165) is 10.4 Å². The van der Waals surface area contributed by atoms with E-state index in [9.17, 15) is 4.79 Å². The van der Waals surface area contributed by atoms with E-state index < -0.39 is 0 Å². The molecule has 0 radical (unpaired) electrons. The second-order valence-electron chi connectivity index (χ2n) is 4.97. The van der Waals surface area contributed by atoms with Crippen LogP contribution < -0.4 is 5.32 Å². The van der Waals surface area contributed by atoms with Crippen LogP contribution in [0.5, 0.6) is 0 Å². The predicted molar refractivity (Wildman–Crippen MR) is 65.7 cm³/mol. The van der Waals surface area contributed by atoms with Crippen molar-refractivity contribution in [2.24, 2.45) is 0 Å². The molecule has 3 heteroatoms. The SMILES string of the molecule is Cc1csc(C(=O)C(C)NC(C)(C)C)c1. The van der Waals surface area contributed by atoms with Gasteiger partial charge in [-0.1, -0.05) is 0 Å². The number of hydrogen-bond donors (Lipinski definition) is 1. The quantitative estimate of drug-likeness (QED) is 0.801. The first-order valence-electron chi connectivity index (χ1n) is 5.16. The van der Waals surface area contributed by atoms with Crippen molar-refractivity contribution in [3.63, 3.8) is 0 Å². The largest absolute Gasteiger partial charge is 0.303 e. The first kappa shape index (κ1) is 12.4. The first-order chi connectivity index (χ1) is 6.79. The average molecular weight is 225 g/mol. The van der Waals surface area contributed by atoms with E-state index in [1.54, 1.807) is 0 Å². The van der Waals surface area contributed by atoms with Crippen molar-refractivity contribution >= 4 is 17.1 Å². The second-order valence-corrected chi connectivity index (χ2v) is 5.88. The highest BCUT2D eigenvalue weighted by molar-refractivity contribution is 7.12. The molecule has 1 heterocycles. The summed E-state index contributed by atoms with van der Waals surface area (Å²) in [4.78, 5) is 12.8. The number of nitrogens with one attached hydrogen (secondary N) is 1. The highest BCUT2D eigenvalue weighted by Gasteiger charge is 2.21. The maximum Gasteiger partial charge on any atom is 0.189 e. The lowest BCUT2D eigenvalue weighted by Gasteiger charge is -2.24. The van der Waals surface area contributed by atoms with Crippen molar-refractivity contribution in [1.29, 1.82) is 0 Å². The molecular weight excluding hydrogens is 206 g/mol. The number of carbonyl (C=O) groups is 1. The van der Waals surface area contributed by atoms with Crippen LogP contribution in [0.2, 0.25) is 0 Å². The molecule has 0 aliphatic heterocycles. The Labute approximate surface area is 95.7 Å². The minimum atomic E-state index is -0.122. The molecule has 1 aromatic heterocycles. The number of hydrogen-bond acceptors (Lipinski definition) is 3. The zero-order valence-electron chi connectivity index (χ0n) is 10.0. The molecule has 1 N–H and O–H groups in total. The van der Waals surface area contributed by atoms with Crippen molar-refractivity contribution in [1.82, 2.24) is 5.32 Å². The monoisotopic (exact) mass is 225 g/mol. The van der Waals surface area contributed by atoms with Crippen molar-refractivity contribution in [2.45, 2.75) is 46.2 Å². The number of thiophene rings is 1. The van der Waals surface area contributed by atoms with Gasteiger partial charge in [-0.05, 0) is 51.6 Å². The molecule has 1 aromatic rings. The summed E-state index contributed by atoms with van der Waals surface area (Å²) in [6, 6.07) is 1.83. The van der Waals surface area contributed by atoms with E-state index >= 15 is 0 Å². The van der Waals surface area contributed by atoms with Crippen LogP contribution in [0.3, 0.4) is 0 Å². The van der Waals surface area contributed by atoms with Crippen LogP contribution in [0, 0.1) is 6.92 Å². The Balaban J connectivity index is 2.69. The lowest BCUT2D eigenvalue weighted by atomic mass is 10.1. The van der Waals surface area contributed by atoms with Crippen molar-refractivity contribution < 1.29 is 4.79 Å². The van der Waals surface area contributed by atoms with Crippen LogP contribution in [0.4, 0.5) is 0 Å². The normalized spacial score (nSPS) is 13.9. The van der Waals surface area contributed by atoms with Crippen molar-refractivity contribution in [3.8, 4) is 0 Å². The summed E-state index contributed by atoms with van der Waals surface area (Å²) in [5.41, 5.74) is 1.13. The van der Waals surface area contributed by atoms with Crippen molar-refractivity contribution in [3.05, 3.63) is 21.9 Å². The van der Waals surface area contributed by atoms with Gasteiger partial charge in [0, 0.05) is 5.54 Å². The Bertz CT molecular complexity index is 349. The van der Waals surface area contributed by atoms with Gasteiger partial charge in [0.25, 0.3) is 0 Å². The van der Waals surface area contributed by atoms with E-state index in [0.29, 0.717) is 0 Å². The third-order valence-electron chi connectivity index (χ3n) is 2.02. The molecule has 15 heavy (non-hydrogen) atoms. The fourth-order valence-electron chi connectivity index (χ4n) is 1.49. The van der Waals surface area contributed by atoms with Gasteiger partial charge in [-0.2, -0.15) is 0 Å². The molecule has 0 aromatic carbocycles. The number of aryl methyl sites for hydroxylation is 1. The molecule has 0 saturated heterocycles. The molecule has 84 valence electrons. The van der Waals surface area contributed by atoms with Gasteiger partial charge in [0.2, 0.25) is 0 Å². The molecule has 0 aliphatic rings. The molecule has 0 aliphatic carbocycles. The van der Waals surface area contributed by atoms with Crippen LogP contribution in [0.25, 0.3) is 0 Å². The van der Waals surface area contributed by atoms with Gasteiger partial charge in [-0.3, -0.25) is 4.79 Å². The van der Waals surface area contributed by atoms with E-state index in [4.69, 9.17) is 0 Å². The molecule has 0 spiro atoms. The second kappa shape index (κ2) is 4.45. The summed E-state index contributed by atoms with van der Waals surface area (Å²) in [5.74, 6) is 0.183. The molecule has 1 rings (SSSR count). The maximum atomic E-state index is 12.0. The van der Waals surface area contributed by atoms with Gasteiger partial charge < -0.3 is 5.32 Å². The number of carbonyl (C=O) groups excluding carboxylic acids is 1. The molecule has 1 unspecified atom stereocenters. The lowest BCUT2D eigenvalue weighted by Crippen LogP contribution is -2.45. The first-order valence-corrected chi connectivity index (χ1v) is 6.04. The number of ketones is 1. The maximum absolute atomic E-state index is 12.0. The molecule has 0 fully saturated rings. The fraction of sp³-hybridized carbons (Fsp3) is 0.583. The van der Waals surface area contributed by atoms with E-state index in [2.05, 4.69) is 26.1 Å². The molecule has 0 saturated carbocycles. The van der Waals surface area contributed by atoms with E-state index in [1.807, 2.05) is 25.3 Å². The third-order valence-corrected chi connectivity index (χ3v) is 3.08. The lowest BCUT2D eigenvalue weighted by molar-refractivity contribution is 0.0940. The van der Waals surface area contributed by atoms with Gasteiger partial charge in [0.05, 0.1) is 10.9 Å². The van der Waals surface area contributed by atoms with E-state index in [1.165, 1.54) is 11.3 Å². The summed E-state index contributed by atoms with van der Waals surface area (Å²) >= 11 is 1.52. The molecule has 2 nitrogen and oxygen atoms in total. The Morgan fingerprint density at radius 1 is 1.47 bits per heavy atom. The molecular formula is C12H19NOS. The van der Waals surface area contributed by atoms with Gasteiger partial charge in [0.1, 0.15) is 0 Å². The topological polar surface area (TPSA) is 29.1 Å². The minimum absolute atomic E-state index is 0.0264. The Hall–Kier alpha value is -0.670. The van der Waals surface area contributed by atoms with Crippen LogP contribution in [-0.4, -0.2) is 17.4 Å². The van der Waals surface area contributed by atoms with E-state index in [-0.39, 0.29) is 17.4 Å². The Morgan fingerprint density at radius 3 is 2.47 bits per heavy atom. The summed E-state index contributed by atoms with van der Waals surface area (Å²) in [7, 11) is 0. The number of Topliss-reactive ketones (excluding diaryl/α,β-unsaturated/α-hetero) is 1. The highest BCUT2D eigenvalue weighted by Crippen LogP contribution is 2.16. The summed E-state index contributed by atoms with van der Waals surface area (Å²) in [6.07, 6.45) is 0. The Morgan fingerprint density at radius 2 is 2.07 bits per heavy atom. The van der Waals surface area contributed by atoms with Crippen molar-refractivity contribution in [2.75, 3.05) is 0 Å². The van der Waals surface area contributed by atoms with Gasteiger partial charge in [0.15, 0.2) is 5.78 Å². The highest BCUT2D eigenvalue weighted by atomic mass is 32.1. The molecule has 0 bridgehead atoms. The molecule has 1 atom stereocenters. The van der Waals surface area contributed by atoms with Crippen LogP contribution in [0.1, 0.15) is 42.9 Å². The zero-order valence-corrected chi connectivity index (χ0v) is 10.9. The standard InChI is InChI=1S/C12H19NOS/c1-8-6-10(15-7-8)11(14)9(2)13-12(3,4)5/h6-7,9,13H,1-5H3. The smallest absolute Gasteiger partial charge is 0.189 e. The number of rotatable bonds is 3. The van der Waals surface area contributed by atoms with Gasteiger partial charge in [-0.25, -0.2) is 0 Å². The fourth-order valence-corrected chi connectivity index (χ4v) is 2.42. The predicted octanol–water partition coefficient (Wildman–Crippen LogP) is 3.02. The van der Waals surface area contributed by atoms with Crippen LogP contribution in [0.15, 0.2) is 11.4 Å². The van der Waals surface area contributed by atoms with Crippen LogP contribution in [-0.2, 0) is 0 Å². The van der Waals surface area contributed by atoms with Crippen LogP contribution >= 0.6 is 11.3 Å².